The summed E-state index contributed by atoms with van der Waals surface area (Å²) in [5.41, 5.74) is 2.24. The maximum Gasteiger partial charge on any atom is 0.151 e. The fourth-order valence-electron chi connectivity index (χ4n) is 2.89. The van der Waals surface area contributed by atoms with E-state index in [1.807, 2.05) is 0 Å². The Morgan fingerprint density at radius 3 is 2.86 bits per heavy atom. The van der Waals surface area contributed by atoms with E-state index in [-0.39, 0.29) is 11.6 Å². The molecule has 0 amide bonds. The molecule has 21 heavy (non-hydrogen) atoms. The Bertz CT molecular complexity index is 634. The van der Waals surface area contributed by atoms with E-state index in [0.29, 0.717) is 19.0 Å². The first-order valence-electron chi connectivity index (χ1n) is 7.20. The number of fused-ring (bicyclic) bond motifs is 1. The molecular formula is C17H18FNOS. The molecule has 1 atom stereocenters. The SMILES string of the molecule is CC1c2ccsc2CCN1CC(=O)Cc1ccc(F)cc1. The minimum Gasteiger partial charge on any atom is -0.298 e. The number of benzene rings is 1. The summed E-state index contributed by atoms with van der Waals surface area (Å²) in [4.78, 5) is 15.9. The number of Topliss-reactive ketones (excluding diaryl/α,β-unsaturated/α-hetero) is 1. The molecule has 1 aromatic heterocycles. The average molecular weight is 303 g/mol. The summed E-state index contributed by atoms with van der Waals surface area (Å²) in [5, 5.41) is 2.13. The number of hydrogen-bond donors (Lipinski definition) is 0. The zero-order valence-corrected chi connectivity index (χ0v) is 12.8. The number of nitrogens with zero attached hydrogens (tertiary/aromatic N) is 1. The normalized spacial score (nSPS) is 18.5. The molecule has 0 saturated carbocycles. The second-order valence-corrected chi connectivity index (χ2v) is 6.54. The van der Waals surface area contributed by atoms with Gasteiger partial charge in [0.2, 0.25) is 0 Å². The van der Waals surface area contributed by atoms with Crippen molar-refractivity contribution in [3.8, 4) is 0 Å². The minimum absolute atomic E-state index is 0.187. The standard InChI is InChI=1S/C17H18FNOS/c1-12-16-7-9-21-17(16)6-8-19(12)11-15(20)10-13-2-4-14(18)5-3-13/h2-5,7,9,12H,6,8,10-11H2,1H3. The van der Waals surface area contributed by atoms with Crippen LogP contribution in [0.5, 0.6) is 0 Å². The van der Waals surface area contributed by atoms with E-state index < -0.39 is 0 Å². The van der Waals surface area contributed by atoms with E-state index in [1.54, 1.807) is 23.5 Å². The van der Waals surface area contributed by atoms with Crippen molar-refractivity contribution < 1.29 is 9.18 Å². The molecule has 0 bridgehead atoms. The first kappa shape index (κ1) is 14.4. The molecule has 1 aromatic carbocycles. The van der Waals surface area contributed by atoms with Crippen LogP contribution in [0, 0.1) is 5.82 Å². The molecule has 1 aliphatic rings. The van der Waals surface area contributed by atoms with Gasteiger partial charge in [-0.2, -0.15) is 0 Å². The zero-order chi connectivity index (χ0) is 14.8. The molecule has 0 radical (unpaired) electrons. The van der Waals surface area contributed by atoms with Crippen molar-refractivity contribution in [2.45, 2.75) is 25.8 Å². The maximum absolute atomic E-state index is 12.9. The van der Waals surface area contributed by atoms with Gasteiger partial charge in [-0.3, -0.25) is 9.69 Å². The van der Waals surface area contributed by atoms with E-state index in [0.717, 1.165) is 18.5 Å². The van der Waals surface area contributed by atoms with E-state index in [9.17, 15) is 9.18 Å². The predicted molar refractivity (Wildman–Crippen MR) is 83.1 cm³/mol. The van der Waals surface area contributed by atoms with Crippen LogP contribution in [0.2, 0.25) is 0 Å². The molecule has 2 nitrogen and oxygen atoms in total. The van der Waals surface area contributed by atoms with Crippen LogP contribution in [0.15, 0.2) is 35.7 Å². The van der Waals surface area contributed by atoms with Gasteiger partial charge in [-0.1, -0.05) is 12.1 Å². The Kier molecular flexibility index (Phi) is 4.17. The summed E-state index contributed by atoms with van der Waals surface area (Å²) >= 11 is 1.81. The quantitative estimate of drug-likeness (QED) is 0.860. The van der Waals surface area contributed by atoms with Crippen LogP contribution in [0.25, 0.3) is 0 Å². The van der Waals surface area contributed by atoms with Gasteiger partial charge in [-0.25, -0.2) is 4.39 Å². The van der Waals surface area contributed by atoms with Crippen molar-refractivity contribution in [3.05, 3.63) is 57.5 Å². The van der Waals surface area contributed by atoms with Gasteiger partial charge in [0.1, 0.15) is 5.82 Å². The second-order valence-electron chi connectivity index (χ2n) is 5.54. The van der Waals surface area contributed by atoms with Crippen LogP contribution in [0.1, 0.15) is 29.0 Å². The minimum atomic E-state index is -0.263. The summed E-state index contributed by atoms with van der Waals surface area (Å²) in [7, 11) is 0. The van der Waals surface area contributed by atoms with Crippen LogP contribution >= 0.6 is 11.3 Å². The van der Waals surface area contributed by atoms with Crippen molar-refractivity contribution in [1.82, 2.24) is 4.90 Å². The van der Waals surface area contributed by atoms with Gasteiger partial charge in [0.15, 0.2) is 5.78 Å². The van der Waals surface area contributed by atoms with E-state index in [4.69, 9.17) is 0 Å². The number of hydrogen-bond acceptors (Lipinski definition) is 3. The molecule has 2 aromatic rings. The van der Waals surface area contributed by atoms with Crippen molar-refractivity contribution in [1.29, 1.82) is 0 Å². The Labute approximate surface area is 128 Å². The molecule has 1 aliphatic heterocycles. The number of carbonyl (C=O) groups is 1. The average Bonchev–Trinajstić information content (AvgIpc) is 2.94. The fourth-order valence-corrected chi connectivity index (χ4v) is 3.85. The molecule has 0 fully saturated rings. The highest BCUT2D eigenvalue weighted by Crippen LogP contribution is 2.32. The van der Waals surface area contributed by atoms with Crippen molar-refractivity contribution in [3.63, 3.8) is 0 Å². The van der Waals surface area contributed by atoms with Gasteiger partial charge >= 0.3 is 0 Å². The number of rotatable bonds is 4. The molecule has 110 valence electrons. The molecular weight excluding hydrogens is 285 g/mol. The van der Waals surface area contributed by atoms with Gasteiger partial charge in [0.05, 0.1) is 6.54 Å². The molecule has 1 unspecified atom stereocenters. The van der Waals surface area contributed by atoms with Gasteiger partial charge in [0.25, 0.3) is 0 Å². The van der Waals surface area contributed by atoms with Gasteiger partial charge in [-0.15, -0.1) is 11.3 Å². The van der Waals surface area contributed by atoms with Crippen molar-refractivity contribution >= 4 is 17.1 Å². The number of carbonyl (C=O) groups excluding carboxylic acids is 1. The topological polar surface area (TPSA) is 20.3 Å². The lowest BCUT2D eigenvalue weighted by atomic mass is 10.0. The van der Waals surface area contributed by atoms with E-state index in [2.05, 4.69) is 23.3 Å². The third-order valence-electron chi connectivity index (χ3n) is 4.10. The largest absolute Gasteiger partial charge is 0.298 e. The summed E-state index contributed by atoms with van der Waals surface area (Å²) in [6, 6.07) is 8.65. The molecule has 0 N–H and O–H groups in total. The lowest BCUT2D eigenvalue weighted by Crippen LogP contribution is -2.37. The fraction of sp³-hybridized carbons (Fsp3) is 0.353. The van der Waals surface area contributed by atoms with Crippen LogP contribution < -0.4 is 0 Å². The Morgan fingerprint density at radius 1 is 1.33 bits per heavy atom. The summed E-state index contributed by atoms with van der Waals surface area (Å²) in [6.07, 6.45) is 1.40. The summed E-state index contributed by atoms with van der Waals surface area (Å²) < 4.78 is 12.9. The highest BCUT2D eigenvalue weighted by molar-refractivity contribution is 7.10. The first-order chi connectivity index (χ1) is 10.1. The third kappa shape index (κ3) is 3.22. The highest BCUT2D eigenvalue weighted by atomic mass is 32.1. The van der Waals surface area contributed by atoms with Crippen molar-refractivity contribution in [2.24, 2.45) is 0 Å². The van der Waals surface area contributed by atoms with Gasteiger partial charge in [-0.05, 0) is 48.1 Å². The third-order valence-corrected chi connectivity index (χ3v) is 5.09. The Morgan fingerprint density at radius 2 is 2.10 bits per heavy atom. The first-order valence-corrected chi connectivity index (χ1v) is 8.08. The van der Waals surface area contributed by atoms with Crippen LogP contribution in [0.4, 0.5) is 4.39 Å². The maximum atomic E-state index is 12.9. The highest BCUT2D eigenvalue weighted by Gasteiger charge is 2.25. The molecule has 2 heterocycles. The smallest absolute Gasteiger partial charge is 0.151 e. The summed E-state index contributed by atoms with van der Waals surface area (Å²) in [6.45, 7) is 3.56. The Hall–Kier alpha value is -1.52. The van der Waals surface area contributed by atoms with E-state index >= 15 is 0 Å². The monoisotopic (exact) mass is 303 g/mol. The van der Waals surface area contributed by atoms with Crippen LogP contribution in [-0.2, 0) is 17.6 Å². The van der Waals surface area contributed by atoms with Crippen LogP contribution in [0.3, 0.4) is 0 Å². The van der Waals surface area contributed by atoms with Gasteiger partial charge in [0, 0.05) is 23.9 Å². The number of ketones is 1. The molecule has 0 aliphatic carbocycles. The summed E-state index contributed by atoms with van der Waals surface area (Å²) in [5.74, 6) is -0.0759. The van der Waals surface area contributed by atoms with E-state index in [1.165, 1.54) is 22.6 Å². The Balaban J connectivity index is 1.62. The van der Waals surface area contributed by atoms with Gasteiger partial charge < -0.3 is 0 Å². The molecule has 3 rings (SSSR count). The predicted octanol–water partition coefficient (Wildman–Crippen LogP) is 3.62. The number of thiophene rings is 1. The zero-order valence-electron chi connectivity index (χ0n) is 12.0. The molecule has 4 heteroatoms. The molecule has 0 spiro atoms. The molecule has 0 saturated heterocycles. The lowest BCUT2D eigenvalue weighted by molar-refractivity contribution is -0.120. The number of halogens is 1. The lowest BCUT2D eigenvalue weighted by Gasteiger charge is -2.33. The second kappa shape index (κ2) is 6.08. The van der Waals surface area contributed by atoms with Crippen LogP contribution in [-0.4, -0.2) is 23.8 Å². The van der Waals surface area contributed by atoms with Crippen molar-refractivity contribution in [2.75, 3.05) is 13.1 Å².